The van der Waals surface area contributed by atoms with Crippen LogP contribution in [0.5, 0.6) is 0 Å². The first kappa shape index (κ1) is 15.0. The van der Waals surface area contributed by atoms with Crippen molar-refractivity contribution in [2.45, 2.75) is 6.54 Å². The van der Waals surface area contributed by atoms with E-state index in [-0.39, 0.29) is 11.6 Å². The number of likely N-dealkylation sites (N-methyl/N-ethyl adjacent to an activating group) is 1. The third-order valence-corrected chi connectivity index (χ3v) is 3.99. The molecule has 1 aliphatic heterocycles. The van der Waals surface area contributed by atoms with Crippen molar-refractivity contribution in [3.05, 3.63) is 59.4 Å². The number of aromatic nitrogens is 1. The number of hydrogen-bond donors (Lipinski definition) is 1. The van der Waals surface area contributed by atoms with Gasteiger partial charge >= 0.3 is 5.97 Å². The number of para-hydroxylation sites is 1. The van der Waals surface area contributed by atoms with Crippen LogP contribution in [0.3, 0.4) is 0 Å². The van der Waals surface area contributed by atoms with E-state index in [1.165, 1.54) is 18.3 Å². The van der Waals surface area contributed by atoms with Crippen LogP contribution in [0.25, 0.3) is 0 Å². The van der Waals surface area contributed by atoms with Gasteiger partial charge in [0.25, 0.3) is 5.91 Å². The van der Waals surface area contributed by atoms with Crippen molar-refractivity contribution in [2.24, 2.45) is 0 Å². The molecule has 23 heavy (non-hydrogen) atoms. The number of benzene rings is 1. The van der Waals surface area contributed by atoms with E-state index in [1.807, 2.05) is 31.3 Å². The van der Waals surface area contributed by atoms with Crippen LogP contribution in [0.15, 0.2) is 42.6 Å². The Hall–Kier alpha value is -2.89. The summed E-state index contributed by atoms with van der Waals surface area (Å²) in [5, 5.41) is 8.88. The predicted octanol–water partition coefficient (Wildman–Crippen LogP) is 1.87. The number of carbonyl (C=O) groups is 2. The average Bonchev–Trinajstić information content (AvgIpc) is 2.74. The largest absolute Gasteiger partial charge is 0.477 e. The Morgan fingerprint density at radius 3 is 2.61 bits per heavy atom. The Morgan fingerprint density at radius 2 is 1.91 bits per heavy atom. The molecular formula is C17H17N3O3. The molecule has 0 saturated heterocycles. The van der Waals surface area contributed by atoms with E-state index in [4.69, 9.17) is 5.11 Å². The summed E-state index contributed by atoms with van der Waals surface area (Å²) < 4.78 is 0. The van der Waals surface area contributed by atoms with Crippen molar-refractivity contribution in [3.63, 3.8) is 0 Å². The maximum absolute atomic E-state index is 12.7. The second-order valence-electron chi connectivity index (χ2n) is 5.51. The molecule has 6 nitrogen and oxygen atoms in total. The number of carboxylic acids is 1. The van der Waals surface area contributed by atoms with Gasteiger partial charge in [0.05, 0.1) is 5.56 Å². The molecule has 6 heteroatoms. The number of fused-ring (bicyclic) bond motifs is 1. The van der Waals surface area contributed by atoms with Crippen LogP contribution in [0.1, 0.15) is 26.4 Å². The fourth-order valence-corrected chi connectivity index (χ4v) is 2.70. The first-order valence-corrected chi connectivity index (χ1v) is 7.34. The van der Waals surface area contributed by atoms with Crippen LogP contribution in [-0.4, -0.2) is 47.0 Å². The lowest BCUT2D eigenvalue weighted by atomic mass is 10.1. The monoisotopic (exact) mass is 311 g/mol. The first-order chi connectivity index (χ1) is 11.1. The van der Waals surface area contributed by atoms with Gasteiger partial charge in [0.15, 0.2) is 0 Å². The molecule has 0 atom stereocenters. The Morgan fingerprint density at radius 1 is 1.13 bits per heavy atom. The summed E-state index contributed by atoms with van der Waals surface area (Å²) in [7, 11) is 2.01. The quantitative estimate of drug-likeness (QED) is 0.916. The van der Waals surface area contributed by atoms with E-state index >= 15 is 0 Å². The Kier molecular flexibility index (Phi) is 3.97. The summed E-state index contributed by atoms with van der Waals surface area (Å²) in [6, 6.07) is 10.9. The molecule has 1 amide bonds. The lowest BCUT2D eigenvalue weighted by Gasteiger charge is -2.21. The Bertz CT molecular complexity index is 743. The van der Waals surface area contributed by atoms with E-state index in [2.05, 4.69) is 9.88 Å². The van der Waals surface area contributed by atoms with Crippen LogP contribution < -0.4 is 4.90 Å². The number of hydrogen-bond acceptors (Lipinski definition) is 4. The molecule has 0 saturated carbocycles. The molecule has 0 radical (unpaired) electrons. The summed E-state index contributed by atoms with van der Waals surface area (Å²) in [5.41, 5.74) is 2.55. The van der Waals surface area contributed by atoms with Gasteiger partial charge in [0.1, 0.15) is 5.69 Å². The molecule has 1 N–H and O–H groups in total. The maximum Gasteiger partial charge on any atom is 0.354 e. The number of nitrogens with zero attached hydrogens (tertiary/aromatic N) is 3. The van der Waals surface area contributed by atoms with Crippen molar-refractivity contribution < 1.29 is 14.7 Å². The summed E-state index contributed by atoms with van der Waals surface area (Å²) in [6.45, 7) is 1.87. The van der Waals surface area contributed by atoms with Crippen LogP contribution >= 0.6 is 0 Å². The van der Waals surface area contributed by atoms with Gasteiger partial charge in [0, 0.05) is 38.6 Å². The Labute approximate surface area is 134 Å². The summed E-state index contributed by atoms with van der Waals surface area (Å²) in [5.74, 6) is -1.24. The summed E-state index contributed by atoms with van der Waals surface area (Å²) in [4.78, 5) is 31.2. The molecule has 2 heterocycles. The first-order valence-electron chi connectivity index (χ1n) is 7.34. The van der Waals surface area contributed by atoms with Gasteiger partial charge in [-0.2, -0.15) is 0 Å². The van der Waals surface area contributed by atoms with Crippen LogP contribution in [-0.2, 0) is 6.54 Å². The smallest absolute Gasteiger partial charge is 0.354 e. The number of pyridine rings is 1. The third kappa shape index (κ3) is 3.01. The zero-order chi connectivity index (χ0) is 16.4. The number of amides is 1. The fraction of sp³-hybridized carbons (Fsp3) is 0.235. The Balaban J connectivity index is 1.84. The van der Waals surface area contributed by atoms with Crippen molar-refractivity contribution >= 4 is 17.6 Å². The molecule has 2 aromatic rings. The summed E-state index contributed by atoms with van der Waals surface area (Å²) >= 11 is 0. The highest BCUT2D eigenvalue weighted by molar-refractivity contribution is 5.95. The van der Waals surface area contributed by atoms with Gasteiger partial charge in [-0.1, -0.05) is 18.2 Å². The minimum absolute atomic E-state index is 0.0671. The molecule has 0 fully saturated rings. The fourth-order valence-electron chi connectivity index (χ4n) is 2.70. The van der Waals surface area contributed by atoms with Crippen molar-refractivity contribution in [1.29, 1.82) is 0 Å². The standard InChI is InChI=1S/C17H17N3O3/c1-19-8-9-20(11-13-4-2-3-5-15(13)19)16(21)12-6-7-14(17(22)23)18-10-12/h2-7,10H,8-9,11H2,1H3,(H,22,23). The number of aromatic carboxylic acids is 1. The number of anilines is 1. The lowest BCUT2D eigenvalue weighted by Crippen LogP contribution is -2.34. The minimum atomic E-state index is -1.10. The SMILES string of the molecule is CN1CCN(C(=O)c2ccc(C(=O)O)nc2)Cc2ccccc21. The second kappa shape index (κ2) is 6.08. The molecule has 0 spiro atoms. The van der Waals surface area contributed by atoms with Crippen molar-refractivity contribution in [2.75, 3.05) is 25.0 Å². The van der Waals surface area contributed by atoms with Crippen LogP contribution in [0, 0.1) is 0 Å². The average molecular weight is 311 g/mol. The maximum atomic E-state index is 12.7. The van der Waals surface area contributed by atoms with E-state index < -0.39 is 5.97 Å². The zero-order valence-corrected chi connectivity index (χ0v) is 12.8. The van der Waals surface area contributed by atoms with Gasteiger partial charge < -0.3 is 14.9 Å². The molecular weight excluding hydrogens is 294 g/mol. The molecule has 3 rings (SSSR count). The molecule has 118 valence electrons. The molecule has 1 aliphatic rings. The third-order valence-electron chi connectivity index (χ3n) is 3.99. The topological polar surface area (TPSA) is 73.7 Å². The molecule has 1 aromatic heterocycles. The highest BCUT2D eigenvalue weighted by atomic mass is 16.4. The zero-order valence-electron chi connectivity index (χ0n) is 12.8. The second-order valence-corrected chi connectivity index (χ2v) is 5.51. The van der Waals surface area contributed by atoms with E-state index in [9.17, 15) is 9.59 Å². The van der Waals surface area contributed by atoms with E-state index in [0.29, 0.717) is 18.7 Å². The highest BCUT2D eigenvalue weighted by Crippen LogP contribution is 2.24. The lowest BCUT2D eigenvalue weighted by molar-refractivity contribution is 0.0687. The van der Waals surface area contributed by atoms with Gasteiger partial charge in [-0.05, 0) is 23.8 Å². The number of carboxylic acid groups (broad SMARTS) is 1. The normalized spacial score (nSPS) is 14.1. The molecule has 1 aromatic carbocycles. The predicted molar refractivity (Wildman–Crippen MR) is 85.6 cm³/mol. The van der Waals surface area contributed by atoms with Gasteiger partial charge in [-0.3, -0.25) is 4.79 Å². The molecule has 0 aliphatic carbocycles. The van der Waals surface area contributed by atoms with Crippen molar-refractivity contribution in [3.8, 4) is 0 Å². The van der Waals surface area contributed by atoms with Gasteiger partial charge in [-0.25, -0.2) is 9.78 Å². The van der Waals surface area contributed by atoms with Gasteiger partial charge in [0.2, 0.25) is 0 Å². The van der Waals surface area contributed by atoms with Crippen LogP contribution in [0.4, 0.5) is 5.69 Å². The molecule has 0 unspecified atom stereocenters. The van der Waals surface area contributed by atoms with Crippen molar-refractivity contribution in [1.82, 2.24) is 9.88 Å². The number of carbonyl (C=O) groups excluding carboxylic acids is 1. The summed E-state index contributed by atoms with van der Waals surface area (Å²) in [6.07, 6.45) is 1.33. The van der Waals surface area contributed by atoms with Gasteiger partial charge in [-0.15, -0.1) is 0 Å². The highest BCUT2D eigenvalue weighted by Gasteiger charge is 2.22. The molecule has 0 bridgehead atoms. The van der Waals surface area contributed by atoms with E-state index in [1.54, 1.807) is 4.90 Å². The number of rotatable bonds is 2. The van der Waals surface area contributed by atoms with Crippen LogP contribution in [0.2, 0.25) is 0 Å². The van der Waals surface area contributed by atoms with E-state index in [0.717, 1.165) is 17.8 Å². The minimum Gasteiger partial charge on any atom is -0.477 e.